The fraction of sp³-hybridized carbons (Fsp3) is 0.462. The molecule has 0 fully saturated rings. The Balaban J connectivity index is 2.25. The summed E-state index contributed by atoms with van der Waals surface area (Å²) in [5, 5.41) is 14.0. The fourth-order valence-electron chi connectivity index (χ4n) is 1.69. The molecule has 0 bridgehead atoms. The molecule has 0 aliphatic heterocycles. The molecule has 0 aromatic carbocycles. The normalized spacial score (nSPS) is 11.7. The third-order valence-electron chi connectivity index (χ3n) is 2.98. The van der Waals surface area contributed by atoms with Crippen molar-refractivity contribution in [3.63, 3.8) is 0 Å². The van der Waals surface area contributed by atoms with E-state index in [1.54, 1.807) is 11.7 Å². The molecule has 0 radical (unpaired) electrons. The number of rotatable bonds is 2. The third-order valence-corrected chi connectivity index (χ3v) is 3.95. The molecule has 1 amide bonds. The molecule has 2 aromatic heterocycles. The summed E-state index contributed by atoms with van der Waals surface area (Å²) in [4.78, 5) is 12.2. The first-order valence-corrected chi connectivity index (χ1v) is 7.06. The first-order valence-electron chi connectivity index (χ1n) is 6.26. The van der Waals surface area contributed by atoms with Crippen molar-refractivity contribution in [3.8, 4) is 0 Å². The van der Waals surface area contributed by atoms with Crippen molar-refractivity contribution in [1.29, 1.82) is 0 Å². The van der Waals surface area contributed by atoms with Crippen molar-refractivity contribution >= 4 is 27.7 Å². The smallest absolute Gasteiger partial charge is 0.278 e. The molecule has 0 aliphatic carbocycles. The summed E-state index contributed by atoms with van der Waals surface area (Å²) in [5.74, 6) is 0.372. The SMILES string of the molecule is Cc1[nH]nc(C(=O)Nc2cc(C(C)(C)C)nn2C)c1Br. The molecule has 108 valence electrons. The maximum atomic E-state index is 12.2. The number of hydrogen-bond acceptors (Lipinski definition) is 3. The van der Waals surface area contributed by atoms with E-state index in [1.165, 1.54) is 0 Å². The van der Waals surface area contributed by atoms with Crippen molar-refractivity contribution in [2.45, 2.75) is 33.1 Å². The summed E-state index contributed by atoms with van der Waals surface area (Å²) >= 11 is 3.34. The summed E-state index contributed by atoms with van der Waals surface area (Å²) in [7, 11) is 1.80. The minimum absolute atomic E-state index is 0.0652. The van der Waals surface area contributed by atoms with Crippen LogP contribution >= 0.6 is 15.9 Å². The van der Waals surface area contributed by atoms with E-state index in [0.29, 0.717) is 16.0 Å². The Bertz CT molecular complexity index is 650. The second-order valence-corrected chi connectivity index (χ2v) is 6.55. The molecule has 2 N–H and O–H groups in total. The average molecular weight is 340 g/mol. The van der Waals surface area contributed by atoms with E-state index < -0.39 is 0 Å². The zero-order valence-electron chi connectivity index (χ0n) is 12.2. The van der Waals surface area contributed by atoms with E-state index in [2.05, 4.69) is 57.3 Å². The Hall–Kier alpha value is -1.63. The molecular formula is C13H18BrN5O. The van der Waals surface area contributed by atoms with E-state index in [4.69, 9.17) is 0 Å². The van der Waals surface area contributed by atoms with Crippen molar-refractivity contribution in [2.24, 2.45) is 7.05 Å². The molecule has 2 aromatic rings. The number of halogens is 1. The highest BCUT2D eigenvalue weighted by Gasteiger charge is 2.21. The topological polar surface area (TPSA) is 75.6 Å². The predicted molar refractivity (Wildman–Crippen MR) is 80.9 cm³/mol. The number of carbonyl (C=O) groups excluding carboxylic acids is 1. The highest BCUT2D eigenvalue weighted by Crippen LogP contribution is 2.24. The summed E-state index contributed by atoms with van der Waals surface area (Å²) in [5.41, 5.74) is 2.01. The number of carbonyl (C=O) groups is 1. The summed E-state index contributed by atoms with van der Waals surface area (Å²) in [6, 6.07) is 1.88. The molecule has 7 heteroatoms. The molecule has 0 saturated carbocycles. The Morgan fingerprint density at radius 3 is 2.55 bits per heavy atom. The lowest BCUT2D eigenvalue weighted by Gasteiger charge is -2.13. The van der Waals surface area contributed by atoms with Gasteiger partial charge < -0.3 is 5.32 Å². The van der Waals surface area contributed by atoms with E-state index in [9.17, 15) is 4.79 Å². The van der Waals surface area contributed by atoms with Crippen LogP contribution < -0.4 is 5.32 Å². The van der Waals surface area contributed by atoms with Crippen LogP contribution in [0.2, 0.25) is 0 Å². The molecule has 6 nitrogen and oxygen atoms in total. The van der Waals surface area contributed by atoms with E-state index >= 15 is 0 Å². The highest BCUT2D eigenvalue weighted by atomic mass is 79.9. The van der Waals surface area contributed by atoms with Crippen LogP contribution in [0.1, 0.15) is 42.6 Å². The van der Waals surface area contributed by atoms with E-state index in [-0.39, 0.29) is 11.3 Å². The number of amides is 1. The summed E-state index contributed by atoms with van der Waals surface area (Å²) < 4.78 is 2.33. The molecule has 0 unspecified atom stereocenters. The molecule has 0 spiro atoms. The van der Waals surface area contributed by atoms with Gasteiger partial charge in [0, 0.05) is 24.2 Å². The monoisotopic (exact) mass is 339 g/mol. The standard InChI is InChI=1S/C13H18BrN5O/c1-7-10(14)11(17-16-7)12(20)15-9-6-8(13(2,3)4)18-19(9)5/h6H,1-5H3,(H,15,20)(H,16,17). The molecular weight excluding hydrogens is 322 g/mol. The Morgan fingerprint density at radius 2 is 2.10 bits per heavy atom. The minimum Gasteiger partial charge on any atom is -0.305 e. The Morgan fingerprint density at radius 1 is 1.45 bits per heavy atom. The Labute approximate surface area is 126 Å². The summed E-state index contributed by atoms with van der Waals surface area (Å²) in [6.07, 6.45) is 0. The third kappa shape index (κ3) is 2.77. The fourth-order valence-corrected chi connectivity index (χ4v) is 2.05. The first-order chi connectivity index (χ1) is 9.20. The van der Waals surface area contributed by atoms with Gasteiger partial charge in [-0.2, -0.15) is 10.2 Å². The molecule has 2 rings (SSSR count). The van der Waals surface area contributed by atoms with E-state index in [0.717, 1.165) is 11.4 Å². The van der Waals surface area contributed by atoms with Crippen LogP contribution in [-0.4, -0.2) is 25.9 Å². The number of aromatic nitrogens is 4. The van der Waals surface area contributed by atoms with Gasteiger partial charge in [-0.25, -0.2) is 0 Å². The quantitative estimate of drug-likeness (QED) is 0.883. The van der Waals surface area contributed by atoms with Gasteiger partial charge in [0.05, 0.1) is 10.2 Å². The van der Waals surface area contributed by atoms with Crippen LogP contribution in [0.5, 0.6) is 0 Å². The number of nitrogens with one attached hydrogen (secondary N) is 2. The van der Waals surface area contributed by atoms with Gasteiger partial charge in [-0.3, -0.25) is 14.6 Å². The van der Waals surface area contributed by atoms with Crippen LogP contribution in [0.3, 0.4) is 0 Å². The maximum absolute atomic E-state index is 12.2. The predicted octanol–water partition coefficient (Wildman–Crippen LogP) is 2.76. The second-order valence-electron chi connectivity index (χ2n) is 5.75. The Kier molecular flexibility index (Phi) is 3.73. The van der Waals surface area contributed by atoms with Crippen molar-refractivity contribution in [1.82, 2.24) is 20.0 Å². The van der Waals surface area contributed by atoms with Gasteiger partial charge in [-0.05, 0) is 22.9 Å². The van der Waals surface area contributed by atoms with Gasteiger partial charge in [0.15, 0.2) is 5.69 Å². The van der Waals surface area contributed by atoms with Crippen molar-refractivity contribution < 1.29 is 4.79 Å². The van der Waals surface area contributed by atoms with Gasteiger partial charge >= 0.3 is 0 Å². The number of aromatic amines is 1. The maximum Gasteiger partial charge on any atom is 0.278 e. The van der Waals surface area contributed by atoms with Crippen LogP contribution in [0, 0.1) is 6.92 Å². The lowest BCUT2D eigenvalue weighted by molar-refractivity contribution is 0.102. The van der Waals surface area contributed by atoms with Crippen LogP contribution in [-0.2, 0) is 12.5 Å². The van der Waals surface area contributed by atoms with Crippen LogP contribution in [0.25, 0.3) is 0 Å². The summed E-state index contributed by atoms with van der Waals surface area (Å²) in [6.45, 7) is 8.08. The second kappa shape index (κ2) is 5.05. The van der Waals surface area contributed by atoms with Crippen molar-refractivity contribution in [2.75, 3.05) is 5.32 Å². The zero-order chi connectivity index (χ0) is 15.1. The zero-order valence-corrected chi connectivity index (χ0v) is 13.8. The van der Waals surface area contributed by atoms with Gasteiger partial charge in [-0.1, -0.05) is 20.8 Å². The number of aryl methyl sites for hydroxylation is 2. The lowest BCUT2D eigenvalue weighted by Crippen LogP contribution is -2.15. The molecule has 0 saturated heterocycles. The number of hydrogen-bond donors (Lipinski definition) is 2. The lowest BCUT2D eigenvalue weighted by atomic mass is 9.92. The van der Waals surface area contributed by atoms with Crippen molar-refractivity contribution in [3.05, 3.63) is 27.6 Å². The molecule has 0 aliphatic rings. The largest absolute Gasteiger partial charge is 0.305 e. The van der Waals surface area contributed by atoms with Crippen LogP contribution in [0.4, 0.5) is 5.82 Å². The molecule has 20 heavy (non-hydrogen) atoms. The molecule has 0 atom stereocenters. The van der Waals surface area contributed by atoms with Gasteiger partial charge in [-0.15, -0.1) is 0 Å². The molecule has 2 heterocycles. The van der Waals surface area contributed by atoms with Crippen LogP contribution in [0.15, 0.2) is 10.5 Å². The van der Waals surface area contributed by atoms with E-state index in [1.807, 2.05) is 13.0 Å². The minimum atomic E-state index is -0.273. The number of nitrogens with zero attached hydrogens (tertiary/aromatic N) is 3. The number of H-pyrrole nitrogens is 1. The van der Waals surface area contributed by atoms with Gasteiger partial charge in [0.2, 0.25) is 0 Å². The van der Waals surface area contributed by atoms with Gasteiger partial charge in [0.25, 0.3) is 5.91 Å². The van der Waals surface area contributed by atoms with Gasteiger partial charge in [0.1, 0.15) is 5.82 Å². The average Bonchev–Trinajstić information content (AvgIpc) is 2.85. The number of anilines is 1. The highest BCUT2D eigenvalue weighted by molar-refractivity contribution is 9.10. The first kappa shape index (κ1) is 14.8.